The molecule has 0 bridgehead atoms. The minimum atomic E-state index is 0.941. The van der Waals surface area contributed by atoms with Gasteiger partial charge in [-0.1, -0.05) is 30.7 Å². The number of hydrogen-bond acceptors (Lipinski definition) is 3. The molecule has 132 valence electrons. The van der Waals surface area contributed by atoms with Crippen LogP contribution in [0, 0.1) is 20.8 Å². The van der Waals surface area contributed by atoms with E-state index in [2.05, 4.69) is 79.9 Å². The van der Waals surface area contributed by atoms with E-state index in [-0.39, 0.29) is 0 Å². The monoisotopic (exact) mass is 336 g/mol. The van der Waals surface area contributed by atoms with Crippen molar-refractivity contribution in [2.75, 3.05) is 23.8 Å². The van der Waals surface area contributed by atoms with Crippen LogP contribution in [0.25, 0.3) is 11.0 Å². The number of para-hydroxylation sites is 1. The second-order valence-corrected chi connectivity index (χ2v) is 6.79. The van der Waals surface area contributed by atoms with Crippen molar-refractivity contribution in [2.45, 2.75) is 34.1 Å². The second kappa shape index (κ2) is 6.79. The average Bonchev–Trinajstić information content (AvgIpc) is 2.90. The highest BCUT2D eigenvalue weighted by Gasteiger charge is 2.20. The molecular formula is C21H28N4. The van der Waals surface area contributed by atoms with Gasteiger partial charge < -0.3 is 14.8 Å². The van der Waals surface area contributed by atoms with Gasteiger partial charge in [0.25, 0.3) is 0 Å². The molecule has 0 unspecified atom stereocenters. The van der Waals surface area contributed by atoms with Gasteiger partial charge in [0.05, 0.1) is 16.7 Å². The molecule has 1 aromatic heterocycles. The molecule has 0 aliphatic rings. The Morgan fingerprint density at radius 3 is 2.40 bits per heavy atom. The first-order valence-corrected chi connectivity index (χ1v) is 8.96. The molecule has 0 saturated carbocycles. The molecule has 1 N–H and O–H groups in total. The van der Waals surface area contributed by atoms with Crippen molar-refractivity contribution in [3.8, 4) is 0 Å². The zero-order valence-electron chi connectivity index (χ0n) is 16.1. The van der Waals surface area contributed by atoms with E-state index in [0.29, 0.717) is 0 Å². The summed E-state index contributed by atoms with van der Waals surface area (Å²) in [6, 6.07) is 10.7. The predicted molar refractivity (Wildman–Crippen MR) is 108 cm³/mol. The molecule has 0 spiro atoms. The number of hydrogen-bond donors (Lipinski definition) is 1. The maximum atomic E-state index is 4.97. The Labute approximate surface area is 150 Å². The number of aromatic nitrogens is 2. The highest BCUT2D eigenvalue weighted by atomic mass is 15.3. The lowest BCUT2D eigenvalue weighted by atomic mass is 10.0. The molecule has 0 radical (unpaired) electrons. The first kappa shape index (κ1) is 17.3. The Morgan fingerprint density at radius 1 is 1.12 bits per heavy atom. The van der Waals surface area contributed by atoms with Gasteiger partial charge in [-0.15, -0.1) is 0 Å². The lowest BCUT2D eigenvalue weighted by Gasteiger charge is -2.27. The first-order chi connectivity index (χ1) is 12.0. The third-order valence-corrected chi connectivity index (χ3v) is 4.73. The van der Waals surface area contributed by atoms with E-state index in [0.717, 1.165) is 35.6 Å². The van der Waals surface area contributed by atoms with E-state index < -0.39 is 0 Å². The number of imidazole rings is 1. The molecule has 4 heteroatoms. The van der Waals surface area contributed by atoms with Gasteiger partial charge in [0.15, 0.2) is 0 Å². The molecule has 25 heavy (non-hydrogen) atoms. The summed E-state index contributed by atoms with van der Waals surface area (Å²) < 4.78 is 2.20. The SMILES string of the molecule is CCCN(c1c(C)cc(C)cc1C)c1nc2cccc(NC)c2n1C. The zero-order chi connectivity index (χ0) is 18.1. The topological polar surface area (TPSA) is 33.1 Å². The predicted octanol–water partition coefficient (Wildman–Crippen LogP) is 5.09. The molecule has 1 heterocycles. The molecule has 0 fully saturated rings. The standard InChI is InChI=1S/C21H28N4/c1-7-11-25(19-15(3)12-14(2)13-16(19)4)21-23-18-10-8-9-17(22-5)20(18)24(21)6/h8-10,12-13,22H,7,11H2,1-6H3. The van der Waals surface area contributed by atoms with Crippen LogP contribution in [0.2, 0.25) is 0 Å². The van der Waals surface area contributed by atoms with E-state index in [1.165, 1.54) is 22.4 Å². The van der Waals surface area contributed by atoms with Crippen LogP contribution in [0.4, 0.5) is 17.3 Å². The zero-order valence-corrected chi connectivity index (χ0v) is 16.1. The maximum absolute atomic E-state index is 4.97. The molecule has 0 atom stereocenters. The number of fused-ring (bicyclic) bond motifs is 1. The summed E-state index contributed by atoms with van der Waals surface area (Å²) in [7, 11) is 4.06. The third kappa shape index (κ3) is 2.97. The fourth-order valence-electron chi connectivity index (χ4n) is 3.83. The summed E-state index contributed by atoms with van der Waals surface area (Å²) in [5.41, 5.74) is 8.44. The average molecular weight is 336 g/mol. The van der Waals surface area contributed by atoms with Gasteiger partial charge in [-0.05, 0) is 50.5 Å². The van der Waals surface area contributed by atoms with E-state index in [1.807, 2.05) is 7.05 Å². The minimum absolute atomic E-state index is 0.941. The van der Waals surface area contributed by atoms with Crippen LogP contribution in [0.15, 0.2) is 30.3 Å². The van der Waals surface area contributed by atoms with Crippen LogP contribution in [0.3, 0.4) is 0 Å². The summed E-state index contributed by atoms with van der Waals surface area (Å²) in [5, 5.41) is 3.29. The Morgan fingerprint density at radius 2 is 1.80 bits per heavy atom. The quantitative estimate of drug-likeness (QED) is 0.704. The van der Waals surface area contributed by atoms with Crippen LogP contribution in [0.5, 0.6) is 0 Å². The number of anilines is 3. The van der Waals surface area contributed by atoms with Crippen molar-refractivity contribution in [1.29, 1.82) is 0 Å². The normalized spacial score (nSPS) is 11.1. The molecule has 3 rings (SSSR count). The van der Waals surface area contributed by atoms with Gasteiger partial charge in [-0.2, -0.15) is 0 Å². The van der Waals surface area contributed by atoms with E-state index in [9.17, 15) is 0 Å². The molecule has 0 aliphatic heterocycles. The smallest absolute Gasteiger partial charge is 0.210 e. The Balaban J connectivity index is 2.24. The van der Waals surface area contributed by atoms with Gasteiger partial charge in [0, 0.05) is 26.3 Å². The van der Waals surface area contributed by atoms with Gasteiger partial charge in [-0.25, -0.2) is 4.98 Å². The van der Waals surface area contributed by atoms with Crippen molar-refractivity contribution in [1.82, 2.24) is 9.55 Å². The second-order valence-electron chi connectivity index (χ2n) is 6.79. The van der Waals surface area contributed by atoms with Crippen molar-refractivity contribution in [2.24, 2.45) is 7.05 Å². The van der Waals surface area contributed by atoms with Crippen molar-refractivity contribution >= 4 is 28.4 Å². The molecule has 2 aromatic carbocycles. The summed E-state index contributed by atoms with van der Waals surface area (Å²) in [5.74, 6) is 0.995. The van der Waals surface area contributed by atoms with Crippen molar-refractivity contribution in [3.05, 3.63) is 47.0 Å². The largest absolute Gasteiger partial charge is 0.386 e. The molecule has 0 saturated heterocycles. The lowest BCUT2D eigenvalue weighted by Crippen LogP contribution is -2.23. The third-order valence-electron chi connectivity index (χ3n) is 4.73. The van der Waals surface area contributed by atoms with Crippen molar-refractivity contribution < 1.29 is 0 Å². The van der Waals surface area contributed by atoms with Crippen LogP contribution in [-0.4, -0.2) is 23.1 Å². The Hall–Kier alpha value is -2.49. The van der Waals surface area contributed by atoms with E-state index in [1.54, 1.807) is 0 Å². The number of nitrogens with one attached hydrogen (secondary N) is 1. The summed E-state index contributed by atoms with van der Waals surface area (Å²) in [6.45, 7) is 9.70. The van der Waals surface area contributed by atoms with E-state index >= 15 is 0 Å². The molecule has 4 nitrogen and oxygen atoms in total. The number of aryl methyl sites for hydroxylation is 4. The molecule has 3 aromatic rings. The lowest BCUT2D eigenvalue weighted by molar-refractivity contribution is 0.813. The highest BCUT2D eigenvalue weighted by Crippen LogP contribution is 2.35. The fraction of sp³-hybridized carbons (Fsp3) is 0.381. The number of rotatable bonds is 5. The first-order valence-electron chi connectivity index (χ1n) is 8.96. The summed E-state index contributed by atoms with van der Waals surface area (Å²) in [6.07, 6.45) is 1.06. The van der Waals surface area contributed by atoms with Gasteiger partial charge >= 0.3 is 0 Å². The molecule has 0 amide bonds. The van der Waals surface area contributed by atoms with Crippen molar-refractivity contribution in [3.63, 3.8) is 0 Å². The van der Waals surface area contributed by atoms with Crippen LogP contribution < -0.4 is 10.2 Å². The van der Waals surface area contributed by atoms with Crippen LogP contribution >= 0.6 is 0 Å². The summed E-state index contributed by atoms with van der Waals surface area (Å²) in [4.78, 5) is 7.33. The van der Waals surface area contributed by atoms with Crippen LogP contribution in [0.1, 0.15) is 30.0 Å². The Bertz CT molecular complexity index is 885. The number of benzene rings is 2. The highest BCUT2D eigenvalue weighted by molar-refractivity contribution is 5.91. The molecule has 0 aliphatic carbocycles. The van der Waals surface area contributed by atoms with Gasteiger partial charge in [-0.3, -0.25) is 0 Å². The Kier molecular flexibility index (Phi) is 4.71. The number of nitrogens with zero attached hydrogens (tertiary/aromatic N) is 3. The fourth-order valence-corrected chi connectivity index (χ4v) is 3.83. The minimum Gasteiger partial charge on any atom is -0.386 e. The molecular weight excluding hydrogens is 308 g/mol. The van der Waals surface area contributed by atoms with Crippen LogP contribution in [-0.2, 0) is 7.05 Å². The van der Waals surface area contributed by atoms with E-state index in [4.69, 9.17) is 4.98 Å². The summed E-state index contributed by atoms with van der Waals surface area (Å²) >= 11 is 0. The van der Waals surface area contributed by atoms with Gasteiger partial charge in [0.2, 0.25) is 5.95 Å². The maximum Gasteiger partial charge on any atom is 0.210 e. The van der Waals surface area contributed by atoms with Gasteiger partial charge in [0.1, 0.15) is 0 Å².